The van der Waals surface area contributed by atoms with Crippen LogP contribution in [0.25, 0.3) is 0 Å². The quantitative estimate of drug-likeness (QED) is 0.684. The van der Waals surface area contributed by atoms with Crippen LogP contribution >= 0.6 is 11.6 Å². The summed E-state index contributed by atoms with van der Waals surface area (Å²) >= 11 is 5.30. The summed E-state index contributed by atoms with van der Waals surface area (Å²) in [4.78, 5) is 13.6. The minimum Gasteiger partial charge on any atom is -0.477 e. The molecule has 10 heteroatoms. The number of aromatic nitrogens is 1. The van der Waals surface area contributed by atoms with Gasteiger partial charge in [0, 0.05) is 5.56 Å². The topological polar surface area (TPSA) is 59.4 Å². The molecule has 1 aromatic heterocycles. The third-order valence-electron chi connectivity index (χ3n) is 1.86. The van der Waals surface area contributed by atoms with Crippen LogP contribution in [0.5, 0.6) is 5.75 Å². The maximum absolute atomic E-state index is 12.6. The third kappa shape index (κ3) is 3.91. The minimum atomic E-state index is -5.23. The van der Waals surface area contributed by atoms with Crippen LogP contribution in [0.15, 0.2) is 6.07 Å². The fourth-order valence-corrected chi connectivity index (χ4v) is 1.40. The van der Waals surface area contributed by atoms with Crippen LogP contribution in [0.4, 0.5) is 22.0 Å². The Morgan fingerprint density at radius 1 is 1.47 bits per heavy atom. The van der Waals surface area contributed by atoms with Crippen LogP contribution in [-0.2, 0) is 5.88 Å². The monoisotopic (exact) mass is 305 g/mol. The van der Waals surface area contributed by atoms with Gasteiger partial charge in [-0.2, -0.15) is 0 Å². The number of hydrogen-bond donors (Lipinski definition) is 1. The largest absolute Gasteiger partial charge is 0.573 e. The van der Waals surface area contributed by atoms with Crippen molar-refractivity contribution in [3.05, 3.63) is 23.0 Å². The number of carboxylic acid groups (broad SMARTS) is 1. The molecule has 4 nitrogen and oxygen atoms in total. The Bertz CT molecular complexity index is 491. The van der Waals surface area contributed by atoms with Crippen LogP contribution in [0.1, 0.15) is 28.2 Å². The van der Waals surface area contributed by atoms with E-state index < -0.39 is 47.3 Å². The highest BCUT2D eigenvalue weighted by Crippen LogP contribution is 2.35. The molecule has 106 valence electrons. The Labute approximate surface area is 107 Å². The van der Waals surface area contributed by atoms with Gasteiger partial charge in [-0.15, -0.1) is 24.8 Å². The Kier molecular flexibility index (Phi) is 4.51. The lowest BCUT2D eigenvalue weighted by Gasteiger charge is -2.15. The van der Waals surface area contributed by atoms with Crippen molar-refractivity contribution in [2.45, 2.75) is 18.7 Å². The van der Waals surface area contributed by atoms with E-state index in [9.17, 15) is 26.7 Å². The van der Waals surface area contributed by atoms with E-state index in [2.05, 4.69) is 9.72 Å². The average molecular weight is 306 g/mol. The molecule has 1 N–H and O–H groups in total. The predicted octanol–water partition coefficient (Wildman–Crippen LogP) is 3.35. The summed E-state index contributed by atoms with van der Waals surface area (Å²) in [6, 6.07) is 0.641. The molecule has 0 bridgehead atoms. The first kappa shape index (κ1) is 15.4. The summed E-state index contributed by atoms with van der Waals surface area (Å²) in [7, 11) is 0. The van der Waals surface area contributed by atoms with Crippen LogP contribution in [0.3, 0.4) is 0 Å². The van der Waals surface area contributed by atoms with E-state index in [1.54, 1.807) is 0 Å². The maximum Gasteiger partial charge on any atom is 0.573 e. The van der Waals surface area contributed by atoms with Gasteiger partial charge >= 0.3 is 12.3 Å². The third-order valence-corrected chi connectivity index (χ3v) is 2.15. The first-order valence-corrected chi connectivity index (χ1v) is 5.06. The number of nitrogens with zero attached hydrogens (tertiary/aromatic N) is 1. The molecule has 0 saturated heterocycles. The molecule has 0 saturated carbocycles. The number of hydrogen-bond acceptors (Lipinski definition) is 3. The lowest BCUT2D eigenvalue weighted by molar-refractivity contribution is -0.275. The number of ether oxygens (including phenoxy) is 1. The summed E-state index contributed by atoms with van der Waals surface area (Å²) in [5.41, 5.74) is -2.81. The lowest BCUT2D eigenvalue weighted by Crippen LogP contribution is -2.20. The van der Waals surface area contributed by atoms with Crippen molar-refractivity contribution in [2.75, 3.05) is 0 Å². The van der Waals surface area contributed by atoms with E-state index in [1.807, 2.05) is 0 Å². The molecule has 0 aliphatic carbocycles. The van der Waals surface area contributed by atoms with Gasteiger partial charge < -0.3 is 9.84 Å². The van der Waals surface area contributed by atoms with Crippen LogP contribution in [-0.4, -0.2) is 22.4 Å². The van der Waals surface area contributed by atoms with Crippen LogP contribution in [0.2, 0.25) is 0 Å². The molecule has 1 rings (SSSR count). The van der Waals surface area contributed by atoms with Gasteiger partial charge in [0.2, 0.25) is 0 Å². The van der Waals surface area contributed by atoms with Crippen molar-refractivity contribution in [2.24, 2.45) is 0 Å². The van der Waals surface area contributed by atoms with Crippen molar-refractivity contribution in [3.8, 4) is 5.75 Å². The zero-order chi connectivity index (χ0) is 14.8. The summed E-state index contributed by atoms with van der Waals surface area (Å²) in [6.45, 7) is 0. The normalized spacial score (nSPS) is 11.7. The molecule has 1 aromatic rings. The average Bonchev–Trinajstić information content (AvgIpc) is 2.26. The summed E-state index contributed by atoms with van der Waals surface area (Å²) in [6.07, 6.45) is -8.67. The Hall–Kier alpha value is -1.64. The molecular formula is C9H5ClF5NO3. The van der Waals surface area contributed by atoms with Gasteiger partial charge in [0.25, 0.3) is 6.43 Å². The molecule has 0 unspecified atom stereocenters. The first-order valence-electron chi connectivity index (χ1n) is 4.52. The number of pyridine rings is 1. The van der Waals surface area contributed by atoms with Crippen LogP contribution < -0.4 is 4.74 Å². The smallest absolute Gasteiger partial charge is 0.477 e. The summed E-state index contributed by atoms with van der Waals surface area (Å²) in [5.74, 6) is -3.59. The first-order chi connectivity index (χ1) is 8.65. The molecule has 1 heterocycles. The SMILES string of the molecule is O=C(O)c1cc(CCl)c(OC(F)(F)F)c(C(F)F)n1. The Morgan fingerprint density at radius 3 is 2.42 bits per heavy atom. The number of halogens is 6. The number of alkyl halides is 6. The second-order valence-electron chi connectivity index (χ2n) is 3.17. The Balaban J connectivity index is 3.45. The second kappa shape index (κ2) is 5.55. The van der Waals surface area contributed by atoms with E-state index in [4.69, 9.17) is 16.7 Å². The summed E-state index contributed by atoms with van der Waals surface area (Å²) in [5, 5.41) is 8.62. The van der Waals surface area contributed by atoms with Crippen molar-refractivity contribution >= 4 is 17.6 Å². The fraction of sp³-hybridized carbons (Fsp3) is 0.333. The van der Waals surface area contributed by atoms with Gasteiger partial charge in [0.05, 0.1) is 5.88 Å². The Morgan fingerprint density at radius 2 is 2.05 bits per heavy atom. The molecule has 0 radical (unpaired) electrons. The van der Waals surface area contributed by atoms with Crippen molar-refractivity contribution in [1.29, 1.82) is 0 Å². The zero-order valence-corrected chi connectivity index (χ0v) is 9.60. The van der Waals surface area contributed by atoms with Crippen molar-refractivity contribution in [3.63, 3.8) is 0 Å². The highest BCUT2D eigenvalue weighted by molar-refractivity contribution is 6.17. The number of aromatic carboxylic acids is 1. The molecular weight excluding hydrogens is 301 g/mol. The molecule has 0 spiro atoms. The maximum atomic E-state index is 12.6. The number of carbonyl (C=O) groups is 1. The van der Waals surface area contributed by atoms with E-state index in [0.717, 1.165) is 0 Å². The highest BCUT2D eigenvalue weighted by Gasteiger charge is 2.35. The lowest BCUT2D eigenvalue weighted by atomic mass is 10.2. The van der Waals surface area contributed by atoms with Crippen molar-refractivity contribution in [1.82, 2.24) is 4.98 Å². The van der Waals surface area contributed by atoms with E-state index in [0.29, 0.717) is 6.07 Å². The standard InChI is InChI=1S/C9H5ClF5NO3/c10-2-3-1-4(8(17)18)16-5(7(11)12)6(3)19-9(13,14)15/h1,7H,2H2,(H,17,18). The highest BCUT2D eigenvalue weighted by atomic mass is 35.5. The molecule has 19 heavy (non-hydrogen) atoms. The van der Waals surface area contributed by atoms with Crippen molar-refractivity contribution < 1.29 is 36.6 Å². The molecule has 0 fully saturated rings. The summed E-state index contributed by atoms with van der Waals surface area (Å²) < 4.78 is 65.0. The molecule has 0 aliphatic rings. The van der Waals surface area contributed by atoms with Gasteiger partial charge in [0.15, 0.2) is 5.75 Å². The fourth-order valence-electron chi connectivity index (χ4n) is 1.20. The predicted molar refractivity (Wildman–Crippen MR) is 52.4 cm³/mol. The molecule has 0 aliphatic heterocycles. The van der Waals surface area contributed by atoms with Gasteiger partial charge in [-0.3, -0.25) is 0 Å². The molecule has 0 atom stereocenters. The van der Waals surface area contributed by atoms with Gasteiger partial charge in [-0.05, 0) is 6.07 Å². The number of rotatable bonds is 4. The zero-order valence-electron chi connectivity index (χ0n) is 8.84. The van der Waals surface area contributed by atoms with E-state index in [-0.39, 0.29) is 0 Å². The van der Waals surface area contributed by atoms with Gasteiger partial charge in [0.1, 0.15) is 11.4 Å². The van der Waals surface area contributed by atoms with Gasteiger partial charge in [-0.25, -0.2) is 18.6 Å². The molecule has 0 aromatic carbocycles. The van der Waals surface area contributed by atoms with E-state index >= 15 is 0 Å². The second-order valence-corrected chi connectivity index (χ2v) is 3.44. The van der Waals surface area contributed by atoms with E-state index in [1.165, 1.54) is 0 Å². The van der Waals surface area contributed by atoms with Gasteiger partial charge in [-0.1, -0.05) is 0 Å². The van der Waals surface area contributed by atoms with Crippen LogP contribution in [0, 0.1) is 0 Å². The molecule has 0 amide bonds. The number of carboxylic acids is 1. The minimum absolute atomic E-state index is 0.540.